The van der Waals surface area contributed by atoms with E-state index in [1.54, 1.807) is 21.9 Å². The molecule has 1 N–H and O–H groups in total. The second kappa shape index (κ2) is 10.2. The summed E-state index contributed by atoms with van der Waals surface area (Å²) >= 11 is 0. The zero-order valence-electron chi connectivity index (χ0n) is 20.7. The molecule has 9 heteroatoms. The van der Waals surface area contributed by atoms with E-state index in [2.05, 4.69) is 10.2 Å². The molecule has 0 atom stereocenters. The van der Waals surface area contributed by atoms with Crippen LogP contribution in [0.15, 0.2) is 23.0 Å². The average Bonchev–Trinajstić information content (AvgIpc) is 3.07. The highest BCUT2D eigenvalue weighted by molar-refractivity contribution is 5.94. The number of amides is 2. The van der Waals surface area contributed by atoms with Crippen molar-refractivity contribution in [3.8, 4) is 0 Å². The van der Waals surface area contributed by atoms with Crippen LogP contribution in [0.3, 0.4) is 0 Å². The number of halogens is 1. The fourth-order valence-corrected chi connectivity index (χ4v) is 4.71. The Morgan fingerprint density at radius 3 is 2.46 bits per heavy atom. The first kappa shape index (κ1) is 24.9. The minimum Gasteiger partial charge on any atom is -0.444 e. The molecule has 1 saturated heterocycles. The number of ether oxygens (including phenoxy) is 1. The predicted octanol–water partition coefficient (Wildman–Crippen LogP) is 3.46. The Labute approximate surface area is 204 Å². The van der Waals surface area contributed by atoms with Gasteiger partial charge in [-0.15, -0.1) is 0 Å². The molecular formula is C26H33FN4O4. The van der Waals surface area contributed by atoms with Crippen LogP contribution in [0.4, 0.5) is 9.18 Å². The number of hydrogen-bond donors (Lipinski definition) is 1. The van der Waals surface area contributed by atoms with Crippen molar-refractivity contribution in [2.75, 3.05) is 26.2 Å². The molecule has 0 saturated carbocycles. The molecule has 0 unspecified atom stereocenters. The van der Waals surface area contributed by atoms with Crippen molar-refractivity contribution >= 4 is 12.0 Å². The Morgan fingerprint density at radius 1 is 1.03 bits per heavy atom. The molecule has 2 heterocycles. The van der Waals surface area contributed by atoms with E-state index in [1.807, 2.05) is 20.8 Å². The van der Waals surface area contributed by atoms with Crippen molar-refractivity contribution in [3.63, 3.8) is 0 Å². The van der Waals surface area contributed by atoms with Crippen molar-refractivity contribution in [1.29, 1.82) is 0 Å². The largest absolute Gasteiger partial charge is 0.444 e. The van der Waals surface area contributed by atoms with Crippen LogP contribution in [0.25, 0.3) is 0 Å². The van der Waals surface area contributed by atoms with E-state index in [4.69, 9.17) is 4.74 Å². The molecule has 0 bridgehead atoms. The zero-order chi connectivity index (χ0) is 25.2. The van der Waals surface area contributed by atoms with E-state index < -0.39 is 23.4 Å². The first-order valence-corrected chi connectivity index (χ1v) is 12.3. The summed E-state index contributed by atoms with van der Waals surface area (Å²) in [4.78, 5) is 41.0. The van der Waals surface area contributed by atoms with Crippen LogP contribution >= 0.6 is 0 Å². The molecule has 1 aromatic carbocycles. The third kappa shape index (κ3) is 5.89. The van der Waals surface area contributed by atoms with E-state index in [-0.39, 0.29) is 11.1 Å². The number of benzene rings is 1. The van der Waals surface area contributed by atoms with E-state index in [1.165, 1.54) is 6.07 Å². The van der Waals surface area contributed by atoms with Crippen LogP contribution < -0.4 is 5.56 Å². The maximum Gasteiger partial charge on any atom is 0.410 e. The normalized spacial score (nSPS) is 16.5. The van der Waals surface area contributed by atoms with Gasteiger partial charge in [-0.1, -0.05) is 6.07 Å². The van der Waals surface area contributed by atoms with Crippen molar-refractivity contribution in [3.05, 3.63) is 62.3 Å². The maximum atomic E-state index is 14.7. The number of rotatable bonds is 3. The Hall–Kier alpha value is -3.23. The highest BCUT2D eigenvalue weighted by atomic mass is 19.1. The molecule has 1 aromatic heterocycles. The number of carbonyl (C=O) groups is 2. The first-order chi connectivity index (χ1) is 16.6. The van der Waals surface area contributed by atoms with Gasteiger partial charge in [-0.3, -0.25) is 9.59 Å². The average molecular weight is 485 g/mol. The lowest BCUT2D eigenvalue weighted by atomic mass is 9.90. The third-order valence-corrected chi connectivity index (χ3v) is 6.45. The third-order valence-electron chi connectivity index (χ3n) is 6.45. The molecule has 1 fully saturated rings. The van der Waals surface area contributed by atoms with Gasteiger partial charge in [-0.25, -0.2) is 14.3 Å². The van der Waals surface area contributed by atoms with Gasteiger partial charge in [0.15, 0.2) is 0 Å². The molecule has 35 heavy (non-hydrogen) atoms. The standard InChI is InChI=1S/C26H33FN4O4/c1-26(2,3)35-25(34)31-12-6-11-30(13-14-31)24(33)20-15-17(9-10-21(20)27)16-22-18-7-4-5-8-19(18)23(32)29-28-22/h9-10,15H,4-8,11-14,16H2,1-3H3,(H,29,32). The molecule has 2 aromatic rings. The summed E-state index contributed by atoms with van der Waals surface area (Å²) in [5.41, 5.74) is 2.57. The van der Waals surface area contributed by atoms with Gasteiger partial charge in [0, 0.05) is 38.2 Å². The second-order valence-corrected chi connectivity index (χ2v) is 10.3. The van der Waals surface area contributed by atoms with Crippen molar-refractivity contribution in [2.24, 2.45) is 0 Å². The van der Waals surface area contributed by atoms with Gasteiger partial charge in [0.05, 0.1) is 11.3 Å². The number of H-pyrrole nitrogens is 1. The molecule has 4 rings (SSSR count). The molecule has 1 aliphatic carbocycles. The summed E-state index contributed by atoms with van der Waals surface area (Å²) in [7, 11) is 0. The Kier molecular flexibility index (Phi) is 7.23. The predicted molar refractivity (Wildman–Crippen MR) is 129 cm³/mol. The van der Waals surface area contributed by atoms with Gasteiger partial charge in [-0.2, -0.15) is 5.10 Å². The Balaban J connectivity index is 1.49. The number of fused-ring (bicyclic) bond motifs is 1. The fraction of sp³-hybridized carbons (Fsp3) is 0.538. The van der Waals surface area contributed by atoms with Crippen molar-refractivity contribution < 1.29 is 18.7 Å². The van der Waals surface area contributed by atoms with Crippen LogP contribution in [-0.2, 0) is 24.0 Å². The lowest BCUT2D eigenvalue weighted by Gasteiger charge is -2.26. The molecule has 2 aliphatic rings. The van der Waals surface area contributed by atoms with Gasteiger partial charge in [0.25, 0.3) is 11.5 Å². The summed E-state index contributed by atoms with van der Waals surface area (Å²) in [6.45, 7) is 6.97. The summed E-state index contributed by atoms with van der Waals surface area (Å²) in [6, 6.07) is 4.54. The summed E-state index contributed by atoms with van der Waals surface area (Å²) in [6.07, 6.45) is 4.12. The van der Waals surface area contributed by atoms with Gasteiger partial charge in [0.2, 0.25) is 0 Å². The number of aromatic nitrogens is 2. The van der Waals surface area contributed by atoms with Gasteiger partial charge >= 0.3 is 6.09 Å². The minimum atomic E-state index is -0.595. The smallest absolute Gasteiger partial charge is 0.410 e. The number of nitrogens with zero attached hydrogens (tertiary/aromatic N) is 3. The van der Waals surface area contributed by atoms with Crippen LogP contribution in [0.1, 0.15) is 72.8 Å². The lowest BCUT2D eigenvalue weighted by Crippen LogP contribution is -2.40. The highest BCUT2D eigenvalue weighted by Crippen LogP contribution is 2.23. The van der Waals surface area contributed by atoms with Crippen molar-refractivity contribution in [2.45, 2.75) is 64.9 Å². The molecule has 188 valence electrons. The summed E-state index contributed by atoms with van der Waals surface area (Å²) in [5.74, 6) is -0.977. The van der Waals surface area contributed by atoms with Crippen molar-refractivity contribution in [1.82, 2.24) is 20.0 Å². The maximum absolute atomic E-state index is 14.7. The zero-order valence-corrected chi connectivity index (χ0v) is 20.7. The quantitative estimate of drug-likeness (QED) is 0.720. The molecule has 2 amide bonds. The van der Waals surface area contributed by atoms with E-state index >= 15 is 0 Å². The SMILES string of the molecule is CC(C)(C)OC(=O)N1CCCN(C(=O)c2cc(Cc3n[nH]c(=O)c4c3CCCC4)ccc2F)CC1. The number of hydrogen-bond acceptors (Lipinski definition) is 5. The first-order valence-electron chi connectivity index (χ1n) is 12.3. The van der Waals surface area contributed by atoms with Crippen LogP contribution in [-0.4, -0.2) is 63.8 Å². The highest BCUT2D eigenvalue weighted by Gasteiger charge is 2.27. The number of nitrogens with one attached hydrogen (secondary N) is 1. The van der Waals surface area contributed by atoms with E-state index in [9.17, 15) is 18.8 Å². The lowest BCUT2D eigenvalue weighted by molar-refractivity contribution is 0.0255. The Bertz CT molecular complexity index is 1170. The van der Waals surface area contributed by atoms with Crippen LogP contribution in [0.2, 0.25) is 0 Å². The topological polar surface area (TPSA) is 95.6 Å². The number of carbonyl (C=O) groups excluding carboxylic acids is 2. The monoisotopic (exact) mass is 484 g/mol. The number of aromatic amines is 1. The van der Waals surface area contributed by atoms with Crippen LogP contribution in [0.5, 0.6) is 0 Å². The second-order valence-electron chi connectivity index (χ2n) is 10.3. The van der Waals surface area contributed by atoms with E-state index in [0.29, 0.717) is 39.0 Å². The summed E-state index contributed by atoms with van der Waals surface area (Å²) in [5, 5.41) is 6.85. The Morgan fingerprint density at radius 2 is 1.71 bits per heavy atom. The van der Waals surface area contributed by atoms with Crippen LogP contribution in [0, 0.1) is 5.82 Å². The molecular weight excluding hydrogens is 451 g/mol. The molecule has 1 aliphatic heterocycles. The molecule has 0 radical (unpaired) electrons. The fourth-order valence-electron chi connectivity index (χ4n) is 4.71. The summed E-state index contributed by atoms with van der Waals surface area (Å²) < 4.78 is 20.2. The minimum absolute atomic E-state index is 0.00603. The molecule has 8 nitrogen and oxygen atoms in total. The van der Waals surface area contributed by atoms with E-state index in [0.717, 1.165) is 48.1 Å². The van der Waals surface area contributed by atoms with Gasteiger partial charge in [0.1, 0.15) is 11.4 Å². The van der Waals surface area contributed by atoms with Gasteiger partial charge in [-0.05, 0) is 76.1 Å². The van der Waals surface area contributed by atoms with Gasteiger partial charge < -0.3 is 14.5 Å². The molecule has 0 spiro atoms.